The second-order valence-corrected chi connectivity index (χ2v) is 6.60. The molecule has 1 aliphatic heterocycles. The number of amides is 1. The van der Waals surface area contributed by atoms with E-state index in [0.717, 1.165) is 11.4 Å². The van der Waals surface area contributed by atoms with E-state index in [2.05, 4.69) is 4.98 Å². The molecule has 0 fully saturated rings. The summed E-state index contributed by atoms with van der Waals surface area (Å²) in [4.78, 5) is 32.4. The van der Waals surface area contributed by atoms with Crippen LogP contribution in [0.2, 0.25) is 0 Å². The van der Waals surface area contributed by atoms with Crippen molar-refractivity contribution in [2.75, 3.05) is 6.54 Å². The summed E-state index contributed by atoms with van der Waals surface area (Å²) in [7, 11) is 0. The molecule has 0 unspecified atom stereocenters. The molecular formula is C17H15N3O2S. The molecule has 23 heavy (non-hydrogen) atoms. The summed E-state index contributed by atoms with van der Waals surface area (Å²) in [6.07, 6.45) is 0.617. The van der Waals surface area contributed by atoms with Crippen molar-refractivity contribution in [3.8, 4) is 0 Å². The van der Waals surface area contributed by atoms with Crippen LogP contribution in [0.4, 0.5) is 0 Å². The molecule has 0 aliphatic carbocycles. The maximum atomic E-state index is 12.8. The minimum absolute atomic E-state index is 0.0140. The van der Waals surface area contributed by atoms with E-state index >= 15 is 0 Å². The third kappa shape index (κ3) is 2.26. The van der Waals surface area contributed by atoms with E-state index in [4.69, 9.17) is 0 Å². The number of pyridine rings is 1. The number of nitrogens with zero attached hydrogens (tertiary/aromatic N) is 3. The Morgan fingerprint density at radius 2 is 2.13 bits per heavy atom. The quantitative estimate of drug-likeness (QED) is 0.690. The Hall–Kier alpha value is -2.47. The van der Waals surface area contributed by atoms with Gasteiger partial charge in [-0.2, -0.15) is 0 Å². The number of rotatable bonds is 1. The van der Waals surface area contributed by atoms with Crippen molar-refractivity contribution in [2.45, 2.75) is 19.9 Å². The van der Waals surface area contributed by atoms with Crippen LogP contribution in [0.3, 0.4) is 0 Å². The van der Waals surface area contributed by atoms with Gasteiger partial charge in [-0.3, -0.25) is 14.0 Å². The first kappa shape index (κ1) is 14.1. The zero-order chi connectivity index (χ0) is 16.0. The zero-order valence-corrected chi connectivity index (χ0v) is 13.5. The Labute approximate surface area is 136 Å². The van der Waals surface area contributed by atoms with Crippen LogP contribution in [0.5, 0.6) is 0 Å². The lowest BCUT2D eigenvalue weighted by molar-refractivity contribution is 0.0737. The number of fused-ring (bicyclic) bond motifs is 2. The highest BCUT2D eigenvalue weighted by Crippen LogP contribution is 2.19. The number of carbonyl (C=O) groups is 1. The van der Waals surface area contributed by atoms with Crippen LogP contribution < -0.4 is 5.56 Å². The van der Waals surface area contributed by atoms with Crippen molar-refractivity contribution in [1.82, 2.24) is 14.3 Å². The molecule has 1 aliphatic rings. The normalized spacial score (nSPS) is 14.0. The Balaban J connectivity index is 1.79. The molecule has 6 heteroatoms. The van der Waals surface area contributed by atoms with E-state index in [-0.39, 0.29) is 11.5 Å². The molecule has 5 nitrogen and oxygen atoms in total. The Bertz CT molecular complexity index is 960. The van der Waals surface area contributed by atoms with Crippen molar-refractivity contribution in [2.24, 2.45) is 0 Å². The molecule has 0 spiro atoms. The minimum Gasteiger partial charge on any atom is -0.333 e. The van der Waals surface area contributed by atoms with Crippen LogP contribution in [0.1, 0.15) is 26.6 Å². The highest BCUT2D eigenvalue weighted by Gasteiger charge is 2.26. The molecule has 1 amide bonds. The molecule has 0 bridgehead atoms. The summed E-state index contributed by atoms with van der Waals surface area (Å²) in [5, 5.41) is 1.89. The molecule has 4 heterocycles. The van der Waals surface area contributed by atoms with Crippen LogP contribution >= 0.6 is 11.3 Å². The fourth-order valence-electron chi connectivity index (χ4n) is 3.02. The Morgan fingerprint density at radius 1 is 1.26 bits per heavy atom. The lowest BCUT2D eigenvalue weighted by Crippen LogP contribution is -2.40. The summed E-state index contributed by atoms with van der Waals surface area (Å²) in [6, 6.07) is 9.32. The number of carbonyl (C=O) groups excluding carboxylic acids is 1. The van der Waals surface area contributed by atoms with Crippen molar-refractivity contribution in [3.05, 3.63) is 67.9 Å². The molecule has 3 aromatic rings. The third-order valence-electron chi connectivity index (χ3n) is 4.21. The van der Waals surface area contributed by atoms with Gasteiger partial charge in [0.05, 0.1) is 22.7 Å². The first-order valence-corrected chi connectivity index (χ1v) is 8.36. The number of hydrogen-bond acceptors (Lipinski definition) is 4. The molecule has 4 rings (SSSR count). The first-order valence-electron chi connectivity index (χ1n) is 7.48. The van der Waals surface area contributed by atoms with Gasteiger partial charge in [-0.1, -0.05) is 12.1 Å². The summed E-state index contributed by atoms with van der Waals surface area (Å²) in [5.41, 5.74) is 2.91. The smallest absolute Gasteiger partial charge is 0.264 e. The molecular weight excluding hydrogens is 310 g/mol. The fourth-order valence-corrected chi connectivity index (χ4v) is 3.72. The van der Waals surface area contributed by atoms with Gasteiger partial charge in [0, 0.05) is 18.7 Å². The van der Waals surface area contributed by atoms with Gasteiger partial charge in [0.25, 0.3) is 11.5 Å². The van der Waals surface area contributed by atoms with E-state index in [1.807, 2.05) is 42.6 Å². The Kier molecular flexibility index (Phi) is 3.27. The van der Waals surface area contributed by atoms with Gasteiger partial charge in [-0.25, -0.2) is 4.98 Å². The second kappa shape index (κ2) is 5.31. The average Bonchev–Trinajstić information content (AvgIpc) is 3.08. The van der Waals surface area contributed by atoms with Crippen LogP contribution in [0.15, 0.2) is 40.5 Å². The first-order chi connectivity index (χ1) is 11.1. The van der Waals surface area contributed by atoms with Crippen LogP contribution in [0, 0.1) is 6.92 Å². The molecule has 3 aromatic heterocycles. The van der Waals surface area contributed by atoms with Gasteiger partial charge in [0.1, 0.15) is 5.65 Å². The molecule has 116 valence electrons. The Morgan fingerprint density at radius 3 is 2.91 bits per heavy atom. The number of aryl methyl sites for hydroxylation is 1. The number of thiophene rings is 1. The maximum Gasteiger partial charge on any atom is 0.264 e. The monoisotopic (exact) mass is 325 g/mol. The number of hydrogen-bond donors (Lipinski definition) is 0. The van der Waals surface area contributed by atoms with E-state index in [0.29, 0.717) is 35.6 Å². The molecule has 0 saturated carbocycles. The predicted octanol–water partition coefficient (Wildman–Crippen LogP) is 2.26. The summed E-state index contributed by atoms with van der Waals surface area (Å²) in [6.45, 7) is 2.81. The van der Waals surface area contributed by atoms with Crippen LogP contribution in [0.25, 0.3) is 5.65 Å². The predicted molar refractivity (Wildman–Crippen MR) is 89.0 cm³/mol. The average molecular weight is 325 g/mol. The molecule has 0 aromatic carbocycles. The van der Waals surface area contributed by atoms with E-state index in [1.165, 1.54) is 11.3 Å². The highest BCUT2D eigenvalue weighted by atomic mass is 32.1. The standard InChI is InChI=1S/C17H15N3O2S/c1-11-4-2-6-15-18-13-7-8-19(10-12(13)16(21)20(11)15)17(22)14-5-3-9-23-14/h2-6,9H,7-8,10H2,1H3. The van der Waals surface area contributed by atoms with Crippen molar-refractivity contribution in [1.29, 1.82) is 0 Å². The highest BCUT2D eigenvalue weighted by molar-refractivity contribution is 7.12. The second-order valence-electron chi connectivity index (χ2n) is 5.66. The molecule has 0 atom stereocenters. The topological polar surface area (TPSA) is 54.7 Å². The van der Waals surface area contributed by atoms with Crippen molar-refractivity contribution >= 4 is 22.9 Å². The van der Waals surface area contributed by atoms with Gasteiger partial charge >= 0.3 is 0 Å². The van der Waals surface area contributed by atoms with Crippen LogP contribution in [-0.4, -0.2) is 26.7 Å². The molecule has 0 saturated heterocycles. The largest absolute Gasteiger partial charge is 0.333 e. The summed E-state index contributed by atoms with van der Waals surface area (Å²) < 4.78 is 1.62. The summed E-state index contributed by atoms with van der Waals surface area (Å²) >= 11 is 1.43. The van der Waals surface area contributed by atoms with Gasteiger partial charge in [-0.05, 0) is 30.5 Å². The lowest BCUT2D eigenvalue weighted by Gasteiger charge is -2.27. The third-order valence-corrected chi connectivity index (χ3v) is 5.07. The van der Waals surface area contributed by atoms with Crippen molar-refractivity contribution < 1.29 is 4.79 Å². The van der Waals surface area contributed by atoms with E-state index < -0.39 is 0 Å². The number of aromatic nitrogens is 2. The zero-order valence-electron chi connectivity index (χ0n) is 12.7. The van der Waals surface area contributed by atoms with E-state index in [9.17, 15) is 9.59 Å². The minimum atomic E-state index is -0.0632. The van der Waals surface area contributed by atoms with Gasteiger partial charge in [0.2, 0.25) is 0 Å². The molecule has 0 N–H and O–H groups in total. The fraction of sp³-hybridized carbons (Fsp3) is 0.235. The van der Waals surface area contributed by atoms with Crippen molar-refractivity contribution in [3.63, 3.8) is 0 Å². The van der Waals surface area contributed by atoms with Gasteiger partial charge in [0.15, 0.2) is 0 Å². The molecule has 0 radical (unpaired) electrons. The van der Waals surface area contributed by atoms with E-state index in [1.54, 1.807) is 9.30 Å². The SMILES string of the molecule is Cc1cccc2nc3c(c(=O)n12)CN(C(=O)c1cccs1)CC3. The van der Waals surface area contributed by atoms with Gasteiger partial charge in [-0.15, -0.1) is 11.3 Å². The lowest BCUT2D eigenvalue weighted by atomic mass is 10.1. The van der Waals surface area contributed by atoms with Gasteiger partial charge < -0.3 is 4.90 Å². The summed E-state index contributed by atoms with van der Waals surface area (Å²) in [5.74, 6) is -0.0140. The maximum absolute atomic E-state index is 12.8. The van der Waals surface area contributed by atoms with Crippen LogP contribution in [-0.2, 0) is 13.0 Å².